The maximum absolute atomic E-state index is 12.4. The molecule has 1 aliphatic rings. The molecule has 1 saturated heterocycles. The molecule has 3 N–H and O–H groups in total. The Kier molecular flexibility index (Phi) is 5.12. The summed E-state index contributed by atoms with van der Waals surface area (Å²) in [6.45, 7) is 1.41. The highest BCUT2D eigenvalue weighted by Crippen LogP contribution is 2.31. The molecular weight excluding hydrogens is 410 g/mol. The fourth-order valence-electron chi connectivity index (χ4n) is 2.38. The monoisotopic (exact) mass is 425 g/mol. The topological polar surface area (TPSA) is 75.4 Å². The molecule has 0 bridgehead atoms. The van der Waals surface area contributed by atoms with Gasteiger partial charge in [-0.2, -0.15) is 0 Å². The van der Waals surface area contributed by atoms with Crippen molar-refractivity contribution < 1.29 is 8.42 Å². The van der Waals surface area contributed by atoms with E-state index in [-0.39, 0.29) is 16.6 Å². The van der Waals surface area contributed by atoms with Gasteiger partial charge in [0.15, 0.2) is 0 Å². The van der Waals surface area contributed by atoms with Gasteiger partial charge in [0.2, 0.25) is 10.0 Å². The zero-order valence-corrected chi connectivity index (χ0v) is 15.1. The van der Waals surface area contributed by atoms with Crippen LogP contribution in [0.1, 0.15) is 12.8 Å². The van der Waals surface area contributed by atoms with E-state index in [1.165, 1.54) is 0 Å². The van der Waals surface area contributed by atoms with Gasteiger partial charge in [0.25, 0.3) is 0 Å². The fraction of sp³-hybridized carbons (Fsp3) is 0.500. The molecule has 8 heteroatoms. The van der Waals surface area contributed by atoms with Crippen molar-refractivity contribution >= 4 is 47.6 Å². The van der Waals surface area contributed by atoms with E-state index >= 15 is 0 Å². The van der Waals surface area contributed by atoms with Gasteiger partial charge in [-0.15, -0.1) is 0 Å². The summed E-state index contributed by atoms with van der Waals surface area (Å²) in [6, 6.07) is 3.51. The number of benzene rings is 1. The van der Waals surface area contributed by atoms with Gasteiger partial charge in [-0.3, -0.25) is 0 Å². The zero-order chi connectivity index (χ0) is 14.9. The summed E-state index contributed by atoms with van der Waals surface area (Å²) >= 11 is 6.54. The number of sulfonamides is 1. The first-order chi connectivity index (χ1) is 9.31. The highest BCUT2D eigenvalue weighted by molar-refractivity contribution is 9.11. The lowest BCUT2D eigenvalue weighted by molar-refractivity contribution is 0.311. The molecule has 1 fully saturated rings. The summed E-state index contributed by atoms with van der Waals surface area (Å²) in [5, 5.41) is 0. The van der Waals surface area contributed by atoms with Crippen molar-refractivity contribution in [1.29, 1.82) is 0 Å². The lowest BCUT2D eigenvalue weighted by Crippen LogP contribution is -2.38. The summed E-state index contributed by atoms with van der Waals surface area (Å²) in [7, 11) is -1.61. The van der Waals surface area contributed by atoms with Crippen molar-refractivity contribution in [1.82, 2.24) is 9.62 Å². The van der Waals surface area contributed by atoms with E-state index in [9.17, 15) is 8.42 Å². The lowest BCUT2D eigenvalue weighted by Gasteiger charge is -2.20. The molecule has 1 unspecified atom stereocenters. The molecule has 0 radical (unpaired) electrons. The first kappa shape index (κ1) is 16.2. The maximum atomic E-state index is 12.4. The number of nitrogens with zero attached hydrogens (tertiary/aromatic N) is 1. The first-order valence-corrected chi connectivity index (χ1v) is 9.32. The molecule has 5 nitrogen and oxygen atoms in total. The smallest absolute Gasteiger partial charge is 0.243 e. The van der Waals surface area contributed by atoms with Crippen LogP contribution >= 0.6 is 31.9 Å². The number of likely N-dealkylation sites (N-methyl/N-ethyl adjacent to an activating group) is 1. The van der Waals surface area contributed by atoms with Crippen molar-refractivity contribution in [2.75, 3.05) is 25.9 Å². The Hall–Kier alpha value is -0.150. The Morgan fingerprint density at radius 2 is 2.15 bits per heavy atom. The van der Waals surface area contributed by atoms with E-state index in [2.05, 4.69) is 41.5 Å². The standard InChI is InChI=1S/C12H17Br2N3O2S/c1-17-4-2-3-9(17)7-16-20(18,19)12-10(14)5-8(13)6-11(12)15/h5-6,9,16H,2-4,7,15H2,1H3. The van der Waals surface area contributed by atoms with Gasteiger partial charge in [-0.05, 0) is 54.5 Å². The van der Waals surface area contributed by atoms with Crippen LogP contribution in [0.3, 0.4) is 0 Å². The van der Waals surface area contributed by atoms with Crippen LogP contribution in [0, 0.1) is 0 Å². The molecule has 1 aromatic carbocycles. The number of nitrogens with one attached hydrogen (secondary N) is 1. The van der Waals surface area contributed by atoms with E-state index in [1.807, 2.05) is 7.05 Å². The Morgan fingerprint density at radius 1 is 1.45 bits per heavy atom. The lowest BCUT2D eigenvalue weighted by atomic mass is 10.2. The van der Waals surface area contributed by atoms with Crippen LogP contribution < -0.4 is 10.5 Å². The second-order valence-electron chi connectivity index (χ2n) is 4.93. The highest BCUT2D eigenvalue weighted by Gasteiger charge is 2.26. The Labute approximate surface area is 136 Å². The van der Waals surface area contributed by atoms with E-state index in [4.69, 9.17) is 5.73 Å². The van der Waals surface area contributed by atoms with Gasteiger partial charge in [-0.25, -0.2) is 13.1 Å². The molecule has 0 aliphatic carbocycles. The Morgan fingerprint density at radius 3 is 2.70 bits per heavy atom. The van der Waals surface area contributed by atoms with Crippen LogP contribution in [-0.2, 0) is 10.0 Å². The van der Waals surface area contributed by atoms with Gasteiger partial charge in [0.05, 0.1) is 5.69 Å². The molecule has 0 aromatic heterocycles. The van der Waals surface area contributed by atoms with Crippen molar-refractivity contribution in [3.05, 3.63) is 21.1 Å². The summed E-state index contributed by atoms with van der Waals surface area (Å²) in [5.74, 6) is 0. The first-order valence-electron chi connectivity index (χ1n) is 6.25. The van der Waals surface area contributed by atoms with Crippen LogP contribution in [0.5, 0.6) is 0 Å². The number of anilines is 1. The third-order valence-corrected chi connectivity index (χ3v) is 6.37. The number of hydrogen-bond donors (Lipinski definition) is 2. The summed E-state index contributed by atoms with van der Waals surface area (Å²) in [6.07, 6.45) is 2.11. The van der Waals surface area contributed by atoms with Crippen molar-refractivity contribution in [2.24, 2.45) is 0 Å². The second kappa shape index (κ2) is 6.31. The third kappa shape index (κ3) is 3.54. The number of likely N-dealkylation sites (tertiary alicyclic amines) is 1. The SMILES string of the molecule is CN1CCCC1CNS(=O)(=O)c1c(N)cc(Br)cc1Br. The van der Waals surface area contributed by atoms with Gasteiger partial charge in [0.1, 0.15) is 4.90 Å². The fourth-order valence-corrected chi connectivity index (χ4v) is 5.52. The molecule has 20 heavy (non-hydrogen) atoms. The van der Waals surface area contributed by atoms with Crippen LogP contribution in [-0.4, -0.2) is 39.5 Å². The number of nitrogens with two attached hydrogens (primary N) is 1. The minimum absolute atomic E-state index is 0.0985. The average Bonchev–Trinajstić information content (AvgIpc) is 2.70. The maximum Gasteiger partial charge on any atom is 0.243 e. The Bertz CT molecular complexity index is 584. The van der Waals surface area contributed by atoms with E-state index in [1.54, 1.807) is 12.1 Å². The Balaban J connectivity index is 2.18. The molecule has 0 saturated carbocycles. The van der Waals surface area contributed by atoms with Crippen LogP contribution in [0.25, 0.3) is 0 Å². The largest absolute Gasteiger partial charge is 0.398 e. The minimum atomic E-state index is -3.62. The molecule has 1 aromatic rings. The van der Waals surface area contributed by atoms with Gasteiger partial charge in [-0.1, -0.05) is 15.9 Å². The van der Waals surface area contributed by atoms with E-state index < -0.39 is 10.0 Å². The molecule has 112 valence electrons. The normalized spacial score (nSPS) is 20.4. The van der Waals surface area contributed by atoms with Crippen molar-refractivity contribution in [3.63, 3.8) is 0 Å². The summed E-state index contributed by atoms with van der Waals surface area (Å²) in [5.41, 5.74) is 6.05. The predicted octanol–water partition coefficient (Wildman–Crippen LogP) is 2.17. The number of hydrogen-bond acceptors (Lipinski definition) is 4. The van der Waals surface area contributed by atoms with Crippen molar-refractivity contribution in [2.45, 2.75) is 23.8 Å². The zero-order valence-electron chi connectivity index (χ0n) is 11.1. The van der Waals surface area contributed by atoms with Gasteiger partial charge >= 0.3 is 0 Å². The molecule has 1 atom stereocenters. The van der Waals surface area contributed by atoms with Crippen molar-refractivity contribution in [3.8, 4) is 0 Å². The third-order valence-electron chi connectivity index (χ3n) is 3.49. The number of nitrogen functional groups attached to an aromatic ring is 1. The molecule has 1 aliphatic heterocycles. The minimum Gasteiger partial charge on any atom is -0.398 e. The molecule has 2 rings (SSSR count). The summed E-state index contributed by atoms with van der Waals surface area (Å²) < 4.78 is 28.6. The molecule has 1 heterocycles. The van der Waals surface area contributed by atoms with Crippen LogP contribution in [0.4, 0.5) is 5.69 Å². The number of halogens is 2. The average molecular weight is 427 g/mol. The quantitative estimate of drug-likeness (QED) is 0.723. The summed E-state index contributed by atoms with van der Waals surface area (Å²) in [4.78, 5) is 2.27. The second-order valence-corrected chi connectivity index (χ2v) is 8.41. The predicted molar refractivity (Wildman–Crippen MR) is 87.1 cm³/mol. The molecular formula is C12H17Br2N3O2S. The molecule has 0 amide bonds. The van der Waals surface area contributed by atoms with Gasteiger partial charge in [0, 0.05) is 21.5 Å². The molecule has 0 spiro atoms. The van der Waals surface area contributed by atoms with Crippen LogP contribution in [0.15, 0.2) is 26.0 Å². The van der Waals surface area contributed by atoms with Gasteiger partial charge < -0.3 is 10.6 Å². The highest BCUT2D eigenvalue weighted by atomic mass is 79.9. The van der Waals surface area contributed by atoms with E-state index in [0.29, 0.717) is 11.0 Å². The van der Waals surface area contributed by atoms with E-state index in [0.717, 1.165) is 23.9 Å². The number of rotatable bonds is 4. The van der Waals surface area contributed by atoms with Crippen LogP contribution in [0.2, 0.25) is 0 Å².